The molecule has 3 atom stereocenters. The van der Waals surface area contributed by atoms with E-state index in [2.05, 4.69) is 25.9 Å². The minimum absolute atomic E-state index is 0.0935. The van der Waals surface area contributed by atoms with E-state index in [9.17, 15) is 9.18 Å². The van der Waals surface area contributed by atoms with Crippen molar-refractivity contribution in [3.63, 3.8) is 0 Å². The number of fused-ring (bicyclic) bond motifs is 1. The average molecular weight is 378 g/mol. The Kier molecular flexibility index (Phi) is 4.12. The average Bonchev–Trinajstić information content (AvgIpc) is 3.44. The minimum atomic E-state index is -0.286. The lowest BCUT2D eigenvalue weighted by Gasteiger charge is -2.29. The summed E-state index contributed by atoms with van der Waals surface area (Å²) in [5, 5.41) is 17.5. The molecule has 2 N–H and O–H groups in total. The molecule has 2 aliphatic rings. The Balaban J connectivity index is 1.56. The smallest absolute Gasteiger partial charge is 0.255 e. The first-order valence-corrected chi connectivity index (χ1v) is 9.32. The number of rotatable bonds is 3. The van der Waals surface area contributed by atoms with Crippen LogP contribution in [0.2, 0.25) is 0 Å². The molecule has 142 valence electrons. The summed E-state index contributed by atoms with van der Waals surface area (Å²) in [5.41, 5.74) is 1.99. The number of tetrazole rings is 1. The Hall–Kier alpha value is -3.13. The molecule has 2 aromatic carbocycles. The van der Waals surface area contributed by atoms with Crippen LogP contribution in [0.4, 0.5) is 4.39 Å². The number of hydrogen-bond acceptors (Lipinski definition) is 5. The molecule has 3 heterocycles. The van der Waals surface area contributed by atoms with Crippen LogP contribution < -0.4 is 5.32 Å². The van der Waals surface area contributed by atoms with Crippen molar-refractivity contribution < 1.29 is 9.18 Å². The van der Waals surface area contributed by atoms with Gasteiger partial charge in [-0.15, -0.1) is 10.2 Å². The van der Waals surface area contributed by atoms with Gasteiger partial charge in [-0.2, -0.15) is 5.21 Å². The molecule has 1 amide bonds. The van der Waals surface area contributed by atoms with E-state index < -0.39 is 0 Å². The molecule has 2 saturated heterocycles. The van der Waals surface area contributed by atoms with Crippen LogP contribution in [0.5, 0.6) is 0 Å². The van der Waals surface area contributed by atoms with Gasteiger partial charge in [-0.25, -0.2) is 4.39 Å². The number of carbonyl (C=O) groups is 1. The molecular weight excluding hydrogens is 359 g/mol. The van der Waals surface area contributed by atoms with Gasteiger partial charge in [-0.1, -0.05) is 30.3 Å². The van der Waals surface area contributed by atoms with Gasteiger partial charge in [0, 0.05) is 31.1 Å². The van der Waals surface area contributed by atoms with Gasteiger partial charge in [0.05, 0.1) is 11.6 Å². The van der Waals surface area contributed by atoms with Gasteiger partial charge in [0.1, 0.15) is 5.82 Å². The summed E-state index contributed by atoms with van der Waals surface area (Å²) < 4.78 is 13.9. The quantitative estimate of drug-likeness (QED) is 0.728. The minimum Gasteiger partial charge on any atom is -0.331 e. The van der Waals surface area contributed by atoms with Crippen LogP contribution >= 0.6 is 0 Å². The van der Waals surface area contributed by atoms with Crippen molar-refractivity contribution in [3.8, 4) is 11.4 Å². The Morgan fingerprint density at radius 3 is 2.86 bits per heavy atom. The number of halogens is 1. The molecule has 0 radical (unpaired) electrons. The number of nitrogens with zero attached hydrogens (tertiary/aromatic N) is 4. The maximum Gasteiger partial charge on any atom is 0.255 e. The van der Waals surface area contributed by atoms with Crippen molar-refractivity contribution in [3.05, 3.63) is 65.5 Å². The van der Waals surface area contributed by atoms with Gasteiger partial charge in [0.2, 0.25) is 5.82 Å². The fourth-order valence-electron chi connectivity index (χ4n) is 4.54. The fraction of sp³-hybridized carbons (Fsp3) is 0.300. The van der Waals surface area contributed by atoms with Crippen LogP contribution in [0, 0.1) is 17.7 Å². The van der Waals surface area contributed by atoms with Crippen molar-refractivity contribution in [2.75, 3.05) is 19.6 Å². The van der Waals surface area contributed by atoms with Gasteiger partial charge >= 0.3 is 0 Å². The second-order valence-corrected chi connectivity index (χ2v) is 7.32. The van der Waals surface area contributed by atoms with Crippen LogP contribution in [0.25, 0.3) is 11.4 Å². The van der Waals surface area contributed by atoms with Crippen LogP contribution in [0.3, 0.4) is 0 Å². The second kappa shape index (κ2) is 6.79. The summed E-state index contributed by atoms with van der Waals surface area (Å²) in [6.07, 6.45) is 0. The van der Waals surface area contributed by atoms with Crippen LogP contribution in [0.1, 0.15) is 22.0 Å². The van der Waals surface area contributed by atoms with Crippen LogP contribution in [-0.2, 0) is 0 Å². The first-order chi connectivity index (χ1) is 13.7. The number of nitrogens with one attached hydrogen (secondary N) is 2. The molecule has 2 fully saturated rings. The van der Waals surface area contributed by atoms with E-state index in [4.69, 9.17) is 0 Å². The second-order valence-electron chi connectivity index (χ2n) is 7.32. The first-order valence-electron chi connectivity index (χ1n) is 9.32. The maximum absolute atomic E-state index is 13.9. The monoisotopic (exact) mass is 378 g/mol. The third-order valence-electron chi connectivity index (χ3n) is 5.76. The predicted octanol–water partition coefficient (Wildman–Crippen LogP) is 2.04. The van der Waals surface area contributed by atoms with E-state index >= 15 is 0 Å². The van der Waals surface area contributed by atoms with Gasteiger partial charge in [-0.3, -0.25) is 4.79 Å². The summed E-state index contributed by atoms with van der Waals surface area (Å²) in [5.74, 6) is 0.625. The van der Waals surface area contributed by atoms with Gasteiger partial charge in [-0.05, 0) is 34.9 Å². The highest BCUT2D eigenvalue weighted by Gasteiger charge is 2.47. The zero-order valence-corrected chi connectivity index (χ0v) is 15.0. The molecule has 2 aliphatic heterocycles. The number of H-pyrrole nitrogens is 1. The first kappa shape index (κ1) is 17.0. The summed E-state index contributed by atoms with van der Waals surface area (Å²) in [6.45, 7) is 2.33. The highest BCUT2D eigenvalue weighted by Crippen LogP contribution is 2.43. The van der Waals surface area contributed by atoms with Crippen LogP contribution in [-0.4, -0.2) is 51.1 Å². The zero-order valence-electron chi connectivity index (χ0n) is 15.0. The molecule has 7 nitrogen and oxygen atoms in total. The van der Waals surface area contributed by atoms with Gasteiger partial charge in [0.25, 0.3) is 5.91 Å². The number of aromatic amines is 1. The van der Waals surface area contributed by atoms with Crippen molar-refractivity contribution in [1.29, 1.82) is 0 Å². The standard InChI is InChI=1S/C20H19FN6O/c21-14-5-3-4-12(8-14)18-17-10-22-9-13(17)11-27(18)20(28)16-7-2-1-6-15(16)19-23-25-26-24-19/h1-8,13,17-18,22H,9-11H2,(H,23,24,25,26)/t13-,17-,18+/m0/s1. The number of carbonyl (C=O) groups excluding carboxylic acids is 1. The molecule has 0 aliphatic carbocycles. The lowest BCUT2D eigenvalue weighted by molar-refractivity contribution is 0.0714. The normalized spacial score (nSPS) is 23.8. The summed E-state index contributed by atoms with van der Waals surface area (Å²) in [4.78, 5) is 15.5. The summed E-state index contributed by atoms with van der Waals surface area (Å²) >= 11 is 0. The number of likely N-dealkylation sites (tertiary alicyclic amines) is 1. The predicted molar refractivity (Wildman–Crippen MR) is 99.6 cm³/mol. The Labute approximate surface area is 160 Å². The number of hydrogen-bond donors (Lipinski definition) is 2. The lowest BCUT2D eigenvalue weighted by atomic mass is 9.89. The highest BCUT2D eigenvalue weighted by atomic mass is 19.1. The van der Waals surface area contributed by atoms with Crippen molar-refractivity contribution >= 4 is 5.91 Å². The van der Waals surface area contributed by atoms with E-state index in [1.807, 2.05) is 29.2 Å². The van der Waals surface area contributed by atoms with Crippen molar-refractivity contribution in [1.82, 2.24) is 30.8 Å². The zero-order chi connectivity index (χ0) is 19.1. The molecule has 5 rings (SSSR count). The Morgan fingerprint density at radius 1 is 1.14 bits per heavy atom. The third kappa shape index (κ3) is 2.77. The molecule has 3 aromatic rings. The topological polar surface area (TPSA) is 86.8 Å². The maximum atomic E-state index is 13.9. The summed E-state index contributed by atoms with van der Waals surface area (Å²) in [7, 11) is 0. The van der Waals surface area contributed by atoms with Crippen LogP contribution in [0.15, 0.2) is 48.5 Å². The molecule has 28 heavy (non-hydrogen) atoms. The molecule has 0 unspecified atom stereocenters. The number of amides is 1. The van der Waals surface area contributed by atoms with E-state index in [0.717, 1.165) is 18.7 Å². The third-order valence-corrected chi connectivity index (χ3v) is 5.76. The molecule has 0 saturated carbocycles. The Bertz CT molecular complexity index is 1010. The molecule has 1 aromatic heterocycles. The van der Waals surface area contributed by atoms with Crippen molar-refractivity contribution in [2.45, 2.75) is 6.04 Å². The number of aromatic nitrogens is 4. The number of benzene rings is 2. The van der Waals surface area contributed by atoms with E-state index in [1.54, 1.807) is 12.1 Å². The van der Waals surface area contributed by atoms with Gasteiger partial charge < -0.3 is 10.2 Å². The largest absolute Gasteiger partial charge is 0.331 e. The van der Waals surface area contributed by atoms with Crippen molar-refractivity contribution in [2.24, 2.45) is 11.8 Å². The van der Waals surface area contributed by atoms with E-state index in [1.165, 1.54) is 12.1 Å². The van der Waals surface area contributed by atoms with E-state index in [0.29, 0.717) is 29.4 Å². The lowest BCUT2D eigenvalue weighted by Crippen LogP contribution is -2.35. The van der Waals surface area contributed by atoms with E-state index in [-0.39, 0.29) is 23.7 Å². The molecule has 8 heteroatoms. The summed E-state index contributed by atoms with van der Waals surface area (Å²) in [6, 6.07) is 13.7. The van der Waals surface area contributed by atoms with Gasteiger partial charge in [0.15, 0.2) is 0 Å². The highest BCUT2D eigenvalue weighted by molar-refractivity contribution is 6.00. The molecular formula is C20H19FN6O. The molecule has 0 bridgehead atoms. The SMILES string of the molecule is O=C(c1ccccc1-c1nn[nH]n1)N1C[C@@H]2CNC[C@@H]2[C@H]1c1cccc(F)c1. The fourth-order valence-corrected chi connectivity index (χ4v) is 4.54. The Morgan fingerprint density at radius 2 is 2.04 bits per heavy atom. The molecule has 0 spiro atoms.